The minimum atomic E-state index is -0.550. The van der Waals surface area contributed by atoms with Gasteiger partial charge in [0.25, 0.3) is 0 Å². The van der Waals surface area contributed by atoms with Crippen LogP contribution in [0.3, 0.4) is 0 Å². The zero-order valence-electron chi connectivity index (χ0n) is 14.6. The van der Waals surface area contributed by atoms with Crippen LogP contribution in [-0.4, -0.2) is 15.5 Å². The lowest BCUT2D eigenvalue weighted by atomic mass is 10.1. The lowest BCUT2D eigenvalue weighted by Crippen LogP contribution is -2.24. The summed E-state index contributed by atoms with van der Waals surface area (Å²) in [4.78, 5) is 29.6. The van der Waals surface area contributed by atoms with E-state index < -0.39 is 5.76 Å². The molecule has 0 aliphatic heterocycles. The van der Waals surface area contributed by atoms with Crippen LogP contribution in [0.1, 0.15) is 16.0 Å². The fourth-order valence-corrected chi connectivity index (χ4v) is 3.68. The van der Waals surface area contributed by atoms with Gasteiger partial charge >= 0.3 is 5.76 Å². The van der Waals surface area contributed by atoms with Crippen molar-refractivity contribution in [2.45, 2.75) is 19.9 Å². The Bertz CT molecular complexity index is 1160. The molecule has 0 atom stereocenters. The Labute approximate surface area is 159 Å². The summed E-state index contributed by atoms with van der Waals surface area (Å²) < 4.78 is 6.45. The molecule has 2 heterocycles. The highest BCUT2D eigenvalue weighted by atomic mass is 32.1. The first-order valence-corrected chi connectivity index (χ1v) is 9.28. The summed E-state index contributed by atoms with van der Waals surface area (Å²) >= 11 is 1.43. The van der Waals surface area contributed by atoms with Crippen molar-refractivity contribution in [1.29, 1.82) is 0 Å². The number of anilines is 1. The van der Waals surface area contributed by atoms with Crippen molar-refractivity contribution in [2.75, 3.05) is 5.32 Å². The smallest absolute Gasteiger partial charge is 0.408 e. The molecule has 136 valence electrons. The second-order valence-corrected chi connectivity index (χ2v) is 7.38. The van der Waals surface area contributed by atoms with Crippen LogP contribution in [0.5, 0.6) is 0 Å². The van der Waals surface area contributed by atoms with Crippen molar-refractivity contribution >= 4 is 33.5 Å². The molecule has 1 N–H and O–H groups in total. The molecule has 0 bridgehead atoms. The molecule has 4 aromatic rings. The third-order valence-corrected chi connectivity index (χ3v) is 5.09. The summed E-state index contributed by atoms with van der Waals surface area (Å²) in [5, 5.41) is 3.27. The molecule has 0 aliphatic rings. The maximum absolute atomic E-state index is 12.3. The van der Waals surface area contributed by atoms with E-state index in [1.54, 1.807) is 30.5 Å². The lowest BCUT2D eigenvalue weighted by molar-refractivity contribution is -0.116. The van der Waals surface area contributed by atoms with Gasteiger partial charge in [-0.15, -0.1) is 11.3 Å². The molecule has 0 saturated heterocycles. The van der Waals surface area contributed by atoms with E-state index in [1.807, 2.05) is 0 Å². The van der Waals surface area contributed by atoms with E-state index in [1.165, 1.54) is 27.0 Å². The molecule has 7 heteroatoms. The highest BCUT2D eigenvalue weighted by molar-refractivity contribution is 7.15. The maximum Gasteiger partial charge on any atom is 0.420 e. The molecule has 2 aromatic heterocycles. The number of hydrogen-bond acceptors (Lipinski definition) is 5. The van der Waals surface area contributed by atoms with Crippen molar-refractivity contribution in [3.63, 3.8) is 0 Å². The zero-order valence-corrected chi connectivity index (χ0v) is 15.5. The van der Waals surface area contributed by atoms with Crippen LogP contribution in [0, 0.1) is 6.92 Å². The second-order valence-electron chi connectivity index (χ2n) is 6.26. The van der Waals surface area contributed by atoms with Gasteiger partial charge in [-0.3, -0.25) is 9.36 Å². The summed E-state index contributed by atoms with van der Waals surface area (Å²) in [5.74, 6) is -0.870. The van der Waals surface area contributed by atoms with Crippen LogP contribution in [0.4, 0.5) is 5.13 Å². The number of fused-ring (bicyclic) bond motifs is 1. The number of oxazole rings is 1. The third-order valence-electron chi connectivity index (χ3n) is 4.17. The molecule has 1 amide bonds. The monoisotopic (exact) mass is 379 g/mol. The van der Waals surface area contributed by atoms with Crippen molar-refractivity contribution in [3.05, 3.63) is 81.3 Å². The normalized spacial score (nSPS) is 11.0. The van der Waals surface area contributed by atoms with Gasteiger partial charge in [0.05, 0.1) is 5.52 Å². The molecule has 0 spiro atoms. The highest BCUT2D eigenvalue weighted by Crippen LogP contribution is 2.21. The van der Waals surface area contributed by atoms with Gasteiger partial charge < -0.3 is 9.73 Å². The SMILES string of the molecule is Cc1ccc(Cc2cnc(NC(=O)Cn3c(=O)oc4ccccc43)s2)cc1. The van der Waals surface area contributed by atoms with E-state index in [-0.39, 0.29) is 12.5 Å². The summed E-state index contributed by atoms with van der Waals surface area (Å²) in [7, 11) is 0. The number of nitrogens with zero attached hydrogens (tertiary/aromatic N) is 2. The van der Waals surface area contributed by atoms with E-state index in [0.29, 0.717) is 16.2 Å². The Hall–Kier alpha value is -3.19. The minimum absolute atomic E-state index is 0.122. The first-order chi connectivity index (χ1) is 13.1. The summed E-state index contributed by atoms with van der Waals surface area (Å²) in [6, 6.07) is 15.3. The number of amides is 1. The molecule has 0 unspecified atom stereocenters. The lowest BCUT2D eigenvalue weighted by Gasteiger charge is -2.02. The number of nitrogens with one attached hydrogen (secondary N) is 1. The number of hydrogen-bond donors (Lipinski definition) is 1. The molecule has 0 saturated carbocycles. The Morgan fingerprint density at radius 1 is 1.19 bits per heavy atom. The van der Waals surface area contributed by atoms with Gasteiger partial charge in [-0.05, 0) is 24.6 Å². The van der Waals surface area contributed by atoms with Gasteiger partial charge in [0.2, 0.25) is 5.91 Å². The van der Waals surface area contributed by atoms with Gasteiger partial charge in [0.15, 0.2) is 10.7 Å². The summed E-state index contributed by atoms with van der Waals surface area (Å²) in [5.41, 5.74) is 3.47. The largest absolute Gasteiger partial charge is 0.420 e. The number of carbonyl (C=O) groups is 1. The number of benzene rings is 2. The van der Waals surface area contributed by atoms with Crippen LogP contribution in [0.2, 0.25) is 0 Å². The van der Waals surface area contributed by atoms with Crippen LogP contribution in [0.25, 0.3) is 11.1 Å². The highest BCUT2D eigenvalue weighted by Gasteiger charge is 2.13. The predicted molar refractivity (Wildman–Crippen MR) is 105 cm³/mol. The molecule has 6 nitrogen and oxygen atoms in total. The average molecular weight is 379 g/mol. The van der Waals surface area contributed by atoms with Crippen LogP contribution in [0.15, 0.2) is 63.9 Å². The zero-order chi connectivity index (χ0) is 18.8. The third kappa shape index (κ3) is 3.83. The van der Waals surface area contributed by atoms with Crippen molar-refractivity contribution in [1.82, 2.24) is 9.55 Å². The fraction of sp³-hybridized carbons (Fsp3) is 0.150. The summed E-state index contributed by atoms with van der Waals surface area (Å²) in [6.45, 7) is 1.93. The Morgan fingerprint density at radius 3 is 2.78 bits per heavy atom. The van der Waals surface area contributed by atoms with E-state index in [2.05, 4.69) is 41.5 Å². The van der Waals surface area contributed by atoms with E-state index in [0.717, 1.165) is 11.3 Å². The maximum atomic E-state index is 12.3. The Kier molecular flexibility index (Phi) is 4.60. The van der Waals surface area contributed by atoms with Gasteiger partial charge in [-0.2, -0.15) is 0 Å². The van der Waals surface area contributed by atoms with E-state index >= 15 is 0 Å². The number of rotatable bonds is 5. The van der Waals surface area contributed by atoms with Gasteiger partial charge in [0.1, 0.15) is 6.54 Å². The first kappa shape index (κ1) is 17.2. The number of aryl methyl sites for hydroxylation is 1. The van der Waals surface area contributed by atoms with Crippen LogP contribution in [-0.2, 0) is 17.8 Å². The Balaban J connectivity index is 1.44. The fourth-order valence-electron chi connectivity index (χ4n) is 2.82. The topological polar surface area (TPSA) is 77.1 Å². The molecule has 27 heavy (non-hydrogen) atoms. The first-order valence-electron chi connectivity index (χ1n) is 8.47. The number of para-hydroxylation sites is 2. The van der Waals surface area contributed by atoms with E-state index in [9.17, 15) is 9.59 Å². The van der Waals surface area contributed by atoms with Crippen LogP contribution >= 0.6 is 11.3 Å². The standard InChI is InChI=1S/C20H17N3O3S/c1-13-6-8-14(9-7-13)10-15-11-21-19(27-15)22-18(24)12-23-16-4-2-3-5-17(16)26-20(23)25/h2-9,11H,10,12H2,1H3,(H,21,22,24). The number of thiazole rings is 1. The number of carbonyl (C=O) groups excluding carboxylic acids is 1. The van der Waals surface area contributed by atoms with Crippen molar-refractivity contribution in [2.24, 2.45) is 0 Å². The molecular weight excluding hydrogens is 362 g/mol. The van der Waals surface area contributed by atoms with Gasteiger partial charge in [-0.25, -0.2) is 9.78 Å². The van der Waals surface area contributed by atoms with Crippen LogP contribution < -0.4 is 11.1 Å². The molecule has 2 aromatic carbocycles. The second kappa shape index (κ2) is 7.20. The minimum Gasteiger partial charge on any atom is -0.408 e. The summed E-state index contributed by atoms with van der Waals surface area (Å²) in [6.07, 6.45) is 2.53. The van der Waals surface area contributed by atoms with Gasteiger partial charge in [0, 0.05) is 17.5 Å². The average Bonchev–Trinajstić information content (AvgIpc) is 3.21. The molecule has 0 aliphatic carbocycles. The molecule has 0 fully saturated rings. The molecule has 0 radical (unpaired) electrons. The van der Waals surface area contributed by atoms with E-state index in [4.69, 9.17) is 4.42 Å². The molecular formula is C20H17N3O3S. The number of aromatic nitrogens is 2. The van der Waals surface area contributed by atoms with Crippen molar-refractivity contribution in [3.8, 4) is 0 Å². The molecule has 4 rings (SSSR count). The van der Waals surface area contributed by atoms with Crippen molar-refractivity contribution < 1.29 is 9.21 Å². The quantitative estimate of drug-likeness (QED) is 0.575. The van der Waals surface area contributed by atoms with Gasteiger partial charge in [-0.1, -0.05) is 42.0 Å². The predicted octanol–water partition coefficient (Wildman–Crippen LogP) is 3.59. The Morgan fingerprint density at radius 2 is 1.96 bits per heavy atom.